The molecule has 0 saturated heterocycles. The molecule has 0 atom stereocenters. The summed E-state index contributed by atoms with van der Waals surface area (Å²) in [5.41, 5.74) is 1.66. The van der Waals surface area contributed by atoms with Gasteiger partial charge >= 0.3 is 0 Å². The summed E-state index contributed by atoms with van der Waals surface area (Å²) in [5, 5.41) is 4.29. The average Bonchev–Trinajstić information content (AvgIpc) is 2.47. The molecule has 0 bridgehead atoms. The van der Waals surface area contributed by atoms with Crippen LogP contribution in [0.2, 0.25) is 0 Å². The molecule has 0 radical (unpaired) electrons. The summed E-state index contributed by atoms with van der Waals surface area (Å²) in [6.07, 6.45) is 1.68. The van der Waals surface area contributed by atoms with Gasteiger partial charge in [-0.05, 0) is 18.2 Å². The number of ether oxygens (including phenoxy) is 1. The molecule has 5 nitrogen and oxygen atoms in total. The van der Waals surface area contributed by atoms with E-state index >= 15 is 0 Å². The molecule has 0 aliphatic carbocycles. The first-order valence-electron chi connectivity index (χ1n) is 5.83. The Hall–Kier alpha value is -1.72. The molecule has 19 heavy (non-hydrogen) atoms. The predicted molar refractivity (Wildman–Crippen MR) is 73.2 cm³/mol. The Morgan fingerprint density at radius 1 is 1.37 bits per heavy atom. The van der Waals surface area contributed by atoms with Crippen molar-refractivity contribution in [3.63, 3.8) is 0 Å². The SMILES string of the molecule is COCCn1nc(-c2ccccn2)cc(CCl)c1=O. The minimum atomic E-state index is -0.188. The van der Waals surface area contributed by atoms with E-state index in [2.05, 4.69) is 10.1 Å². The Morgan fingerprint density at radius 3 is 2.84 bits per heavy atom. The highest BCUT2D eigenvalue weighted by molar-refractivity contribution is 6.17. The highest BCUT2D eigenvalue weighted by atomic mass is 35.5. The van der Waals surface area contributed by atoms with Crippen molar-refractivity contribution < 1.29 is 4.74 Å². The summed E-state index contributed by atoms with van der Waals surface area (Å²) >= 11 is 5.80. The number of methoxy groups -OCH3 is 1. The van der Waals surface area contributed by atoms with E-state index in [1.165, 1.54) is 4.68 Å². The third-order valence-electron chi connectivity index (χ3n) is 2.63. The minimum Gasteiger partial charge on any atom is -0.383 e. The molecule has 2 rings (SSSR count). The zero-order valence-corrected chi connectivity index (χ0v) is 11.3. The van der Waals surface area contributed by atoms with E-state index in [0.717, 1.165) is 0 Å². The van der Waals surface area contributed by atoms with Gasteiger partial charge in [-0.25, -0.2) is 4.68 Å². The van der Waals surface area contributed by atoms with Gasteiger partial charge in [0.25, 0.3) is 5.56 Å². The van der Waals surface area contributed by atoms with Crippen LogP contribution in [0.25, 0.3) is 11.4 Å². The molecule has 2 aromatic rings. The van der Waals surface area contributed by atoms with Gasteiger partial charge in [0.05, 0.1) is 24.7 Å². The van der Waals surface area contributed by atoms with E-state index in [0.29, 0.717) is 30.1 Å². The standard InChI is InChI=1S/C13H14ClN3O2/c1-19-7-6-17-13(18)10(9-14)8-12(16-17)11-4-2-3-5-15-11/h2-5,8H,6-7,9H2,1H3. The molecular formula is C13H14ClN3O2. The Morgan fingerprint density at radius 2 is 2.21 bits per heavy atom. The fourth-order valence-electron chi connectivity index (χ4n) is 1.66. The van der Waals surface area contributed by atoms with Crippen LogP contribution in [0.4, 0.5) is 0 Å². The van der Waals surface area contributed by atoms with Crippen LogP contribution >= 0.6 is 11.6 Å². The van der Waals surface area contributed by atoms with Crippen LogP contribution in [0.15, 0.2) is 35.3 Å². The van der Waals surface area contributed by atoms with E-state index in [4.69, 9.17) is 16.3 Å². The van der Waals surface area contributed by atoms with Crippen molar-refractivity contribution in [3.8, 4) is 11.4 Å². The second-order valence-corrected chi connectivity index (χ2v) is 4.19. The van der Waals surface area contributed by atoms with E-state index in [1.54, 1.807) is 19.4 Å². The summed E-state index contributed by atoms with van der Waals surface area (Å²) < 4.78 is 6.34. The Labute approximate surface area is 115 Å². The molecule has 2 heterocycles. The van der Waals surface area contributed by atoms with Gasteiger partial charge in [-0.1, -0.05) is 6.07 Å². The van der Waals surface area contributed by atoms with Crippen LogP contribution in [0.3, 0.4) is 0 Å². The molecule has 0 aromatic carbocycles. The summed E-state index contributed by atoms with van der Waals surface area (Å²) in [7, 11) is 1.58. The molecule has 0 saturated carbocycles. The number of aromatic nitrogens is 3. The molecule has 0 amide bonds. The van der Waals surface area contributed by atoms with E-state index in [1.807, 2.05) is 18.2 Å². The van der Waals surface area contributed by atoms with Crippen LogP contribution in [0.5, 0.6) is 0 Å². The quantitative estimate of drug-likeness (QED) is 0.782. The first-order chi connectivity index (χ1) is 9.26. The minimum absolute atomic E-state index is 0.147. The molecule has 0 spiro atoms. The van der Waals surface area contributed by atoms with E-state index < -0.39 is 0 Å². The van der Waals surface area contributed by atoms with Crippen LogP contribution in [0.1, 0.15) is 5.56 Å². The monoisotopic (exact) mass is 279 g/mol. The maximum Gasteiger partial charge on any atom is 0.271 e. The first kappa shape index (κ1) is 13.7. The number of pyridine rings is 1. The number of alkyl halides is 1. The third kappa shape index (κ3) is 3.19. The summed E-state index contributed by atoms with van der Waals surface area (Å²) in [6, 6.07) is 7.22. The summed E-state index contributed by atoms with van der Waals surface area (Å²) in [5.74, 6) is 0.147. The lowest BCUT2D eigenvalue weighted by Gasteiger charge is -2.08. The molecule has 2 aromatic heterocycles. The maximum atomic E-state index is 12.0. The number of nitrogens with zero attached hydrogens (tertiary/aromatic N) is 3. The van der Waals surface area contributed by atoms with Gasteiger partial charge in [0.1, 0.15) is 5.69 Å². The van der Waals surface area contributed by atoms with Crippen LogP contribution < -0.4 is 5.56 Å². The van der Waals surface area contributed by atoms with Crippen LogP contribution in [-0.2, 0) is 17.2 Å². The molecule has 0 N–H and O–H groups in total. The van der Waals surface area contributed by atoms with Crippen LogP contribution in [0, 0.1) is 0 Å². The van der Waals surface area contributed by atoms with Crippen molar-refractivity contribution in [3.05, 3.63) is 46.4 Å². The average molecular weight is 280 g/mol. The molecule has 100 valence electrons. The van der Waals surface area contributed by atoms with E-state index in [-0.39, 0.29) is 11.4 Å². The third-order valence-corrected chi connectivity index (χ3v) is 2.91. The van der Waals surface area contributed by atoms with Gasteiger partial charge in [0.15, 0.2) is 0 Å². The number of hydrogen-bond acceptors (Lipinski definition) is 4. The second-order valence-electron chi connectivity index (χ2n) is 3.92. The number of hydrogen-bond donors (Lipinski definition) is 0. The number of halogens is 1. The van der Waals surface area contributed by atoms with Crippen molar-refractivity contribution in [2.75, 3.05) is 13.7 Å². The van der Waals surface area contributed by atoms with Gasteiger partial charge in [-0.3, -0.25) is 9.78 Å². The Kier molecular flexibility index (Phi) is 4.65. The molecule has 0 aliphatic heterocycles. The van der Waals surface area contributed by atoms with Crippen molar-refractivity contribution in [1.29, 1.82) is 0 Å². The highest BCUT2D eigenvalue weighted by Gasteiger charge is 2.09. The maximum absolute atomic E-state index is 12.0. The highest BCUT2D eigenvalue weighted by Crippen LogP contribution is 2.13. The molecule has 6 heteroatoms. The molecule has 0 aliphatic rings. The summed E-state index contributed by atoms with van der Waals surface area (Å²) in [6.45, 7) is 0.806. The first-order valence-corrected chi connectivity index (χ1v) is 6.37. The fourth-order valence-corrected chi connectivity index (χ4v) is 1.85. The summed E-state index contributed by atoms with van der Waals surface area (Å²) in [4.78, 5) is 16.3. The molecular weight excluding hydrogens is 266 g/mol. The van der Waals surface area contributed by atoms with Gasteiger partial charge in [-0.2, -0.15) is 5.10 Å². The second kappa shape index (κ2) is 6.45. The topological polar surface area (TPSA) is 57.0 Å². The Balaban J connectivity index is 2.48. The lowest BCUT2D eigenvalue weighted by Crippen LogP contribution is -2.27. The van der Waals surface area contributed by atoms with Crippen LogP contribution in [-0.4, -0.2) is 28.5 Å². The van der Waals surface area contributed by atoms with Gasteiger partial charge in [0, 0.05) is 18.9 Å². The van der Waals surface area contributed by atoms with Crippen molar-refractivity contribution in [2.45, 2.75) is 12.4 Å². The van der Waals surface area contributed by atoms with E-state index in [9.17, 15) is 4.79 Å². The number of rotatable bonds is 5. The zero-order chi connectivity index (χ0) is 13.7. The van der Waals surface area contributed by atoms with Gasteiger partial charge < -0.3 is 4.74 Å². The zero-order valence-electron chi connectivity index (χ0n) is 10.5. The molecule has 0 fully saturated rings. The van der Waals surface area contributed by atoms with Crippen molar-refractivity contribution in [1.82, 2.24) is 14.8 Å². The Bertz CT molecular complexity index is 599. The predicted octanol–water partition coefficient (Wildman–Crippen LogP) is 1.69. The normalized spacial score (nSPS) is 10.6. The van der Waals surface area contributed by atoms with Crippen molar-refractivity contribution in [2.24, 2.45) is 0 Å². The van der Waals surface area contributed by atoms with Gasteiger partial charge in [0.2, 0.25) is 0 Å². The smallest absolute Gasteiger partial charge is 0.271 e. The van der Waals surface area contributed by atoms with Crippen molar-refractivity contribution >= 4 is 11.6 Å². The molecule has 0 unspecified atom stereocenters. The van der Waals surface area contributed by atoms with Gasteiger partial charge in [-0.15, -0.1) is 11.6 Å². The largest absolute Gasteiger partial charge is 0.383 e. The lowest BCUT2D eigenvalue weighted by atomic mass is 10.2. The fraction of sp³-hybridized carbons (Fsp3) is 0.308. The lowest BCUT2D eigenvalue weighted by molar-refractivity contribution is 0.182.